The van der Waals surface area contributed by atoms with Crippen LogP contribution in [0.4, 0.5) is 4.79 Å². The molecule has 3 rings (SSSR count). The third-order valence-electron chi connectivity index (χ3n) is 5.49. The molecular weight excluding hydrogens is 440 g/mol. The first-order chi connectivity index (χ1) is 16.3. The molecule has 0 fully saturated rings. The first-order valence-corrected chi connectivity index (χ1v) is 10.7. The van der Waals surface area contributed by atoms with Crippen molar-refractivity contribution >= 4 is 18.0 Å². The summed E-state index contributed by atoms with van der Waals surface area (Å²) in [6.07, 6.45) is 0. The molecule has 0 radical (unpaired) electrons. The third-order valence-corrected chi connectivity index (χ3v) is 5.49. The highest BCUT2D eigenvalue weighted by Crippen LogP contribution is 2.31. The van der Waals surface area contributed by atoms with Crippen molar-refractivity contribution in [3.8, 4) is 5.75 Å². The fourth-order valence-electron chi connectivity index (χ4n) is 3.42. The second kappa shape index (κ2) is 11.3. The maximum atomic E-state index is 12.8. The van der Waals surface area contributed by atoms with Crippen LogP contribution in [0.2, 0.25) is 0 Å². The van der Waals surface area contributed by atoms with E-state index in [-0.39, 0.29) is 19.2 Å². The van der Waals surface area contributed by atoms with E-state index in [4.69, 9.17) is 18.9 Å². The van der Waals surface area contributed by atoms with Gasteiger partial charge in [-0.05, 0) is 42.3 Å². The molecule has 180 valence electrons. The molecule has 0 aromatic heterocycles. The maximum absolute atomic E-state index is 12.8. The summed E-state index contributed by atoms with van der Waals surface area (Å²) in [5, 5.41) is 2.85. The van der Waals surface area contributed by atoms with E-state index in [0.717, 1.165) is 5.56 Å². The SMILES string of the molecule is COCCOC(=O)C1=C(C)N(C)C(=O)NC1c1ccc(OCc2ccc(C(=O)OC)cc2)cc1. The molecule has 1 aliphatic rings. The van der Waals surface area contributed by atoms with Crippen molar-refractivity contribution in [1.29, 1.82) is 0 Å². The van der Waals surface area contributed by atoms with Crippen molar-refractivity contribution in [2.75, 3.05) is 34.5 Å². The molecule has 0 aliphatic carbocycles. The van der Waals surface area contributed by atoms with Crippen LogP contribution in [-0.2, 0) is 25.6 Å². The number of carbonyl (C=O) groups excluding carboxylic acids is 3. The monoisotopic (exact) mass is 468 g/mol. The van der Waals surface area contributed by atoms with Crippen LogP contribution in [0.5, 0.6) is 5.75 Å². The van der Waals surface area contributed by atoms with Gasteiger partial charge in [-0.3, -0.25) is 0 Å². The Balaban J connectivity index is 1.72. The van der Waals surface area contributed by atoms with Crippen molar-refractivity contribution in [3.63, 3.8) is 0 Å². The van der Waals surface area contributed by atoms with Gasteiger partial charge in [0.15, 0.2) is 0 Å². The molecular formula is C25H28N2O7. The second-order valence-corrected chi connectivity index (χ2v) is 7.62. The molecule has 0 saturated carbocycles. The number of esters is 2. The van der Waals surface area contributed by atoms with Gasteiger partial charge in [0.1, 0.15) is 19.0 Å². The summed E-state index contributed by atoms with van der Waals surface area (Å²) in [6, 6.07) is 13.1. The van der Waals surface area contributed by atoms with Gasteiger partial charge in [0.05, 0.1) is 30.9 Å². The van der Waals surface area contributed by atoms with Crippen molar-refractivity contribution < 1.29 is 33.3 Å². The standard InChI is InChI=1S/C25H28N2O7/c1-16-21(24(29)33-14-13-31-3)22(26-25(30)27(16)2)18-9-11-20(12-10-18)34-15-17-5-7-19(8-6-17)23(28)32-4/h5-12,22H,13-15H2,1-4H3,(H,26,30). The first-order valence-electron chi connectivity index (χ1n) is 10.7. The smallest absolute Gasteiger partial charge is 0.338 e. The van der Waals surface area contributed by atoms with E-state index < -0.39 is 18.0 Å². The van der Waals surface area contributed by atoms with Crippen molar-refractivity contribution in [3.05, 3.63) is 76.5 Å². The number of ether oxygens (including phenoxy) is 4. The van der Waals surface area contributed by atoms with E-state index in [1.54, 1.807) is 62.5 Å². The molecule has 1 heterocycles. The topological polar surface area (TPSA) is 103 Å². The zero-order valence-electron chi connectivity index (χ0n) is 19.6. The molecule has 9 nitrogen and oxygen atoms in total. The first kappa shape index (κ1) is 24.8. The highest BCUT2D eigenvalue weighted by Gasteiger charge is 2.35. The summed E-state index contributed by atoms with van der Waals surface area (Å²) in [4.78, 5) is 38.1. The number of hydrogen-bond donors (Lipinski definition) is 1. The summed E-state index contributed by atoms with van der Waals surface area (Å²) < 4.78 is 20.8. The van der Waals surface area contributed by atoms with E-state index in [1.807, 2.05) is 0 Å². The lowest BCUT2D eigenvalue weighted by Crippen LogP contribution is -2.46. The minimum Gasteiger partial charge on any atom is -0.489 e. The zero-order valence-corrected chi connectivity index (χ0v) is 19.6. The summed E-state index contributed by atoms with van der Waals surface area (Å²) in [6.45, 7) is 2.41. The number of nitrogens with zero attached hydrogens (tertiary/aromatic N) is 1. The second-order valence-electron chi connectivity index (χ2n) is 7.62. The Bertz CT molecular complexity index is 1060. The Morgan fingerprint density at radius 2 is 1.65 bits per heavy atom. The number of benzene rings is 2. The summed E-state index contributed by atoms with van der Waals surface area (Å²) in [7, 11) is 4.46. The summed E-state index contributed by atoms with van der Waals surface area (Å²) >= 11 is 0. The van der Waals surface area contributed by atoms with Gasteiger partial charge in [0.25, 0.3) is 0 Å². The van der Waals surface area contributed by atoms with Gasteiger partial charge in [-0.25, -0.2) is 14.4 Å². The Labute approximate surface area is 198 Å². The van der Waals surface area contributed by atoms with Crippen LogP contribution >= 0.6 is 0 Å². The van der Waals surface area contributed by atoms with Crippen LogP contribution in [0.3, 0.4) is 0 Å². The predicted octanol–water partition coefficient (Wildman–Crippen LogP) is 3.21. The number of amides is 2. The van der Waals surface area contributed by atoms with Gasteiger partial charge >= 0.3 is 18.0 Å². The number of allylic oxidation sites excluding steroid dienone is 1. The van der Waals surface area contributed by atoms with Crippen LogP contribution in [-0.4, -0.2) is 57.4 Å². The Hall–Kier alpha value is -3.85. The van der Waals surface area contributed by atoms with E-state index >= 15 is 0 Å². The van der Waals surface area contributed by atoms with Gasteiger partial charge < -0.3 is 29.2 Å². The van der Waals surface area contributed by atoms with Crippen LogP contribution in [0.1, 0.15) is 34.5 Å². The Morgan fingerprint density at radius 3 is 2.26 bits per heavy atom. The highest BCUT2D eigenvalue weighted by atomic mass is 16.6. The molecule has 1 atom stereocenters. The maximum Gasteiger partial charge on any atom is 0.338 e. The molecule has 0 bridgehead atoms. The van der Waals surface area contributed by atoms with Crippen LogP contribution in [0.15, 0.2) is 59.8 Å². The van der Waals surface area contributed by atoms with Gasteiger partial charge in [-0.15, -0.1) is 0 Å². The number of urea groups is 1. The summed E-state index contributed by atoms with van der Waals surface area (Å²) in [5.74, 6) is -0.289. The fourth-order valence-corrected chi connectivity index (χ4v) is 3.42. The van der Waals surface area contributed by atoms with Gasteiger partial charge in [-0.1, -0.05) is 24.3 Å². The van der Waals surface area contributed by atoms with E-state index in [1.165, 1.54) is 19.1 Å². The molecule has 2 aromatic rings. The molecule has 2 aromatic carbocycles. The minimum absolute atomic E-state index is 0.115. The van der Waals surface area contributed by atoms with Crippen molar-refractivity contribution in [2.45, 2.75) is 19.6 Å². The highest BCUT2D eigenvalue weighted by molar-refractivity contribution is 5.95. The number of nitrogens with one attached hydrogen (secondary N) is 1. The Morgan fingerprint density at radius 1 is 0.971 bits per heavy atom. The number of hydrogen-bond acceptors (Lipinski definition) is 7. The fraction of sp³-hybridized carbons (Fsp3) is 0.320. The molecule has 1 N–H and O–H groups in total. The molecule has 1 aliphatic heterocycles. The molecule has 2 amide bonds. The lowest BCUT2D eigenvalue weighted by atomic mass is 9.95. The van der Waals surface area contributed by atoms with Gasteiger partial charge in [0.2, 0.25) is 0 Å². The number of rotatable bonds is 9. The molecule has 34 heavy (non-hydrogen) atoms. The normalized spacial score (nSPS) is 15.6. The molecule has 1 unspecified atom stereocenters. The molecule has 9 heteroatoms. The van der Waals surface area contributed by atoms with E-state index in [0.29, 0.717) is 34.8 Å². The third kappa shape index (κ3) is 5.74. The average molecular weight is 469 g/mol. The van der Waals surface area contributed by atoms with Crippen LogP contribution in [0, 0.1) is 0 Å². The number of methoxy groups -OCH3 is 2. The van der Waals surface area contributed by atoms with Crippen molar-refractivity contribution in [2.24, 2.45) is 0 Å². The predicted molar refractivity (Wildman–Crippen MR) is 123 cm³/mol. The minimum atomic E-state index is -0.654. The zero-order chi connectivity index (χ0) is 24.7. The van der Waals surface area contributed by atoms with E-state index in [9.17, 15) is 14.4 Å². The largest absolute Gasteiger partial charge is 0.489 e. The average Bonchev–Trinajstić information content (AvgIpc) is 2.86. The van der Waals surface area contributed by atoms with Crippen LogP contribution in [0.25, 0.3) is 0 Å². The van der Waals surface area contributed by atoms with Crippen molar-refractivity contribution in [1.82, 2.24) is 10.2 Å². The molecule has 0 spiro atoms. The number of carbonyl (C=O) groups is 3. The summed E-state index contributed by atoms with van der Waals surface area (Å²) in [5.41, 5.74) is 2.95. The van der Waals surface area contributed by atoms with Crippen LogP contribution < -0.4 is 10.1 Å². The lowest BCUT2D eigenvalue weighted by Gasteiger charge is -2.33. The van der Waals surface area contributed by atoms with E-state index in [2.05, 4.69) is 5.32 Å². The lowest BCUT2D eigenvalue weighted by molar-refractivity contribution is -0.140. The molecule has 0 saturated heterocycles. The van der Waals surface area contributed by atoms with Gasteiger partial charge in [-0.2, -0.15) is 0 Å². The quantitative estimate of drug-likeness (QED) is 0.445. The van der Waals surface area contributed by atoms with Gasteiger partial charge in [0, 0.05) is 19.9 Å². The Kier molecular flexibility index (Phi) is 8.26.